The summed E-state index contributed by atoms with van der Waals surface area (Å²) in [5.41, 5.74) is 2.54. The van der Waals surface area contributed by atoms with Crippen molar-refractivity contribution in [1.29, 1.82) is 0 Å². The van der Waals surface area contributed by atoms with Crippen molar-refractivity contribution >= 4 is 27.6 Å². The molecule has 0 bridgehead atoms. The highest BCUT2D eigenvalue weighted by Gasteiger charge is 2.24. The Hall–Kier alpha value is -0.920. The molecule has 0 aliphatic carbocycles. The molecule has 6 nitrogen and oxygen atoms in total. The Balaban J connectivity index is 1.90. The average molecular weight is 329 g/mol. The maximum Gasteiger partial charge on any atom is 0.159 e. The fourth-order valence-electron chi connectivity index (χ4n) is 2.33. The number of nitrogens with two attached hydrogens (primary N) is 1. The number of likely N-dealkylation sites (tertiary alicyclic amines) is 1. The fourth-order valence-corrected chi connectivity index (χ4v) is 2.79. The number of aromatic nitrogens is 2. The summed E-state index contributed by atoms with van der Waals surface area (Å²) in [6, 6.07) is 0.629. The lowest BCUT2D eigenvalue weighted by Gasteiger charge is -2.20. The van der Waals surface area contributed by atoms with Crippen LogP contribution in [-0.4, -0.2) is 40.5 Å². The first kappa shape index (κ1) is 14.5. The van der Waals surface area contributed by atoms with Crippen LogP contribution < -0.4 is 16.6 Å². The molecule has 0 saturated carbocycles. The molecule has 4 N–H and O–H groups in total. The van der Waals surface area contributed by atoms with E-state index in [-0.39, 0.29) is 0 Å². The molecule has 0 amide bonds. The lowest BCUT2D eigenvalue weighted by atomic mass is 10.1. The Kier molecular flexibility index (Phi) is 4.95. The molecule has 1 atom stereocenters. The molecule has 0 radical (unpaired) electrons. The molecule has 1 fully saturated rings. The molecule has 106 valence electrons. The van der Waals surface area contributed by atoms with Gasteiger partial charge in [-0.1, -0.05) is 0 Å². The molecule has 0 spiro atoms. The Morgan fingerprint density at radius 2 is 2.21 bits per heavy atom. The molecule has 1 saturated heterocycles. The summed E-state index contributed by atoms with van der Waals surface area (Å²) in [7, 11) is 0. The summed E-state index contributed by atoms with van der Waals surface area (Å²) < 4.78 is 0.774. The molecule has 2 heterocycles. The minimum Gasteiger partial charge on any atom is -0.369 e. The topological polar surface area (TPSA) is 79.1 Å². The third kappa shape index (κ3) is 3.55. The number of rotatable bonds is 5. The van der Waals surface area contributed by atoms with Gasteiger partial charge in [-0.2, -0.15) is 0 Å². The van der Waals surface area contributed by atoms with E-state index in [2.05, 4.69) is 55.4 Å². The molecule has 0 aromatic carbocycles. The number of nitrogens with one attached hydrogen (secondary N) is 2. The molecule has 2 rings (SSSR count). The van der Waals surface area contributed by atoms with Crippen molar-refractivity contribution in [2.45, 2.75) is 26.3 Å². The van der Waals surface area contributed by atoms with E-state index in [0.29, 0.717) is 17.8 Å². The number of anilines is 2. The van der Waals surface area contributed by atoms with E-state index in [0.717, 1.165) is 23.4 Å². The van der Waals surface area contributed by atoms with Crippen LogP contribution in [0.3, 0.4) is 0 Å². The SMILES string of the molecule is CC(C)N1CCC(CNc2ncnc(NN)c2Br)C1. The number of nitrogen functional groups attached to an aromatic ring is 1. The van der Waals surface area contributed by atoms with Crippen LogP contribution in [0.1, 0.15) is 20.3 Å². The zero-order chi connectivity index (χ0) is 13.8. The molecular weight excluding hydrogens is 308 g/mol. The molecule has 1 unspecified atom stereocenters. The van der Waals surface area contributed by atoms with Gasteiger partial charge in [-0.15, -0.1) is 0 Å². The Morgan fingerprint density at radius 3 is 2.84 bits per heavy atom. The van der Waals surface area contributed by atoms with E-state index in [1.807, 2.05) is 0 Å². The molecule has 19 heavy (non-hydrogen) atoms. The van der Waals surface area contributed by atoms with Gasteiger partial charge in [0.05, 0.1) is 0 Å². The third-order valence-electron chi connectivity index (χ3n) is 3.53. The van der Waals surface area contributed by atoms with Crippen molar-refractivity contribution in [3.05, 3.63) is 10.8 Å². The summed E-state index contributed by atoms with van der Waals surface area (Å²) in [6.45, 7) is 7.74. The number of nitrogens with zero attached hydrogens (tertiary/aromatic N) is 3. The first-order valence-corrected chi connectivity index (χ1v) is 7.36. The lowest BCUT2D eigenvalue weighted by molar-refractivity contribution is 0.266. The standard InChI is InChI=1S/C12H21BrN6/c1-8(2)19-4-3-9(6-19)5-15-11-10(13)12(18-14)17-7-16-11/h7-9H,3-6,14H2,1-2H3,(H2,15,16,17,18). The Labute approximate surface area is 122 Å². The van der Waals surface area contributed by atoms with Crippen molar-refractivity contribution in [2.75, 3.05) is 30.4 Å². The quantitative estimate of drug-likeness (QED) is 0.563. The first-order chi connectivity index (χ1) is 9.11. The van der Waals surface area contributed by atoms with Gasteiger partial charge in [0, 0.05) is 19.1 Å². The van der Waals surface area contributed by atoms with Crippen LogP contribution in [-0.2, 0) is 0 Å². The maximum absolute atomic E-state index is 5.38. The highest BCUT2D eigenvalue weighted by Crippen LogP contribution is 2.26. The lowest BCUT2D eigenvalue weighted by Crippen LogP contribution is -2.29. The largest absolute Gasteiger partial charge is 0.369 e. The average Bonchev–Trinajstić information content (AvgIpc) is 2.86. The summed E-state index contributed by atoms with van der Waals surface area (Å²) in [6.07, 6.45) is 2.73. The van der Waals surface area contributed by atoms with E-state index in [9.17, 15) is 0 Å². The Morgan fingerprint density at radius 1 is 1.47 bits per heavy atom. The zero-order valence-electron chi connectivity index (χ0n) is 11.4. The Bertz CT molecular complexity index is 425. The van der Waals surface area contributed by atoms with Gasteiger partial charge in [0.2, 0.25) is 0 Å². The van der Waals surface area contributed by atoms with Gasteiger partial charge in [0.25, 0.3) is 0 Å². The van der Waals surface area contributed by atoms with Crippen molar-refractivity contribution in [3.63, 3.8) is 0 Å². The summed E-state index contributed by atoms with van der Waals surface area (Å²) in [5.74, 6) is 7.42. The first-order valence-electron chi connectivity index (χ1n) is 6.56. The number of halogens is 1. The zero-order valence-corrected chi connectivity index (χ0v) is 12.9. The van der Waals surface area contributed by atoms with Gasteiger partial charge in [-0.25, -0.2) is 15.8 Å². The highest BCUT2D eigenvalue weighted by molar-refractivity contribution is 9.10. The molecule has 1 aromatic heterocycles. The summed E-state index contributed by atoms with van der Waals surface area (Å²) >= 11 is 3.45. The summed E-state index contributed by atoms with van der Waals surface area (Å²) in [5, 5.41) is 3.37. The second kappa shape index (κ2) is 6.49. The van der Waals surface area contributed by atoms with Crippen LogP contribution in [0.25, 0.3) is 0 Å². The normalized spacial score (nSPS) is 19.9. The highest BCUT2D eigenvalue weighted by atomic mass is 79.9. The van der Waals surface area contributed by atoms with E-state index in [4.69, 9.17) is 5.84 Å². The monoisotopic (exact) mass is 328 g/mol. The number of hydrazine groups is 1. The van der Waals surface area contributed by atoms with Crippen molar-refractivity contribution < 1.29 is 0 Å². The second-order valence-corrected chi connectivity index (χ2v) is 5.95. The number of hydrogen-bond donors (Lipinski definition) is 3. The van der Waals surface area contributed by atoms with Crippen molar-refractivity contribution in [2.24, 2.45) is 11.8 Å². The molecule has 7 heteroatoms. The maximum atomic E-state index is 5.38. The smallest absolute Gasteiger partial charge is 0.159 e. The number of hydrogen-bond acceptors (Lipinski definition) is 6. The van der Waals surface area contributed by atoms with Gasteiger partial charge >= 0.3 is 0 Å². The van der Waals surface area contributed by atoms with E-state index in [1.54, 1.807) is 0 Å². The van der Waals surface area contributed by atoms with Gasteiger partial charge in [-0.05, 0) is 48.7 Å². The van der Waals surface area contributed by atoms with Crippen LogP contribution in [0.15, 0.2) is 10.8 Å². The predicted octanol–water partition coefficient (Wildman–Crippen LogP) is 1.67. The van der Waals surface area contributed by atoms with E-state index >= 15 is 0 Å². The van der Waals surface area contributed by atoms with Crippen LogP contribution in [0.4, 0.5) is 11.6 Å². The fraction of sp³-hybridized carbons (Fsp3) is 0.667. The van der Waals surface area contributed by atoms with Gasteiger partial charge in [-0.3, -0.25) is 0 Å². The second-order valence-electron chi connectivity index (χ2n) is 5.15. The predicted molar refractivity (Wildman–Crippen MR) is 80.8 cm³/mol. The minimum atomic E-state index is 0.590. The van der Waals surface area contributed by atoms with E-state index < -0.39 is 0 Å². The van der Waals surface area contributed by atoms with Gasteiger partial charge in [0.1, 0.15) is 16.6 Å². The molecular formula is C12H21BrN6. The van der Waals surface area contributed by atoms with Gasteiger partial charge in [0.15, 0.2) is 5.82 Å². The van der Waals surface area contributed by atoms with Crippen molar-refractivity contribution in [1.82, 2.24) is 14.9 Å². The van der Waals surface area contributed by atoms with Crippen LogP contribution in [0.5, 0.6) is 0 Å². The third-order valence-corrected chi connectivity index (χ3v) is 4.28. The van der Waals surface area contributed by atoms with Crippen molar-refractivity contribution in [3.8, 4) is 0 Å². The minimum absolute atomic E-state index is 0.590. The van der Waals surface area contributed by atoms with Crippen LogP contribution in [0, 0.1) is 5.92 Å². The van der Waals surface area contributed by atoms with Crippen LogP contribution in [0.2, 0.25) is 0 Å². The van der Waals surface area contributed by atoms with Gasteiger partial charge < -0.3 is 15.6 Å². The van der Waals surface area contributed by atoms with E-state index in [1.165, 1.54) is 19.3 Å². The van der Waals surface area contributed by atoms with Crippen LogP contribution >= 0.6 is 15.9 Å². The molecule has 1 aromatic rings. The molecule has 1 aliphatic heterocycles. The molecule has 1 aliphatic rings. The summed E-state index contributed by atoms with van der Waals surface area (Å²) in [4.78, 5) is 10.8.